The second-order valence-corrected chi connectivity index (χ2v) is 4.40. The molecule has 1 N–H and O–H groups in total. The van der Waals surface area contributed by atoms with E-state index in [4.69, 9.17) is 4.55 Å². The van der Waals surface area contributed by atoms with E-state index in [0.717, 1.165) is 19.3 Å². The van der Waals surface area contributed by atoms with Crippen LogP contribution in [-0.4, -0.2) is 18.7 Å². The van der Waals surface area contributed by atoms with Gasteiger partial charge in [0.15, 0.2) is 0 Å². The van der Waals surface area contributed by atoms with Crippen LogP contribution in [0.3, 0.4) is 0 Å². The molecular formula is C7H12O3S. The van der Waals surface area contributed by atoms with Crippen LogP contribution in [0, 0.1) is 5.92 Å². The van der Waals surface area contributed by atoms with Gasteiger partial charge in [-0.3, -0.25) is 4.55 Å². The summed E-state index contributed by atoms with van der Waals surface area (Å²) in [6, 6.07) is 0. The van der Waals surface area contributed by atoms with Crippen molar-refractivity contribution in [1.82, 2.24) is 0 Å². The lowest BCUT2D eigenvalue weighted by molar-refractivity contribution is 0.451. The fourth-order valence-corrected chi connectivity index (χ4v) is 2.20. The molecule has 1 aliphatic rings. The quantitative estimate of drug-likeness (QED) is 0.508. The maximum Gasteiger partial charge on any atom is 0.265 e. The van der Waals surface area contributed by atoms with E-state index in [9.17, 15) is 8.42 Å². The molecule has 3 nitrogen and oxygen atoms in total. The third-order valence-electron chi connectivity index (χ3n) is 1.82. The number of hydrogen-bond acceptors (Lipinski definition) is 2. The molecule has 0 bridgehead atoms. The summed E-state index contributed by atoms with van der Waals surface area (Å²) < 4.78 is 29.4. The van der Waals surface area contributed by atoms with Crippen molar-refractivity contribution in [2.75, 3.05) is 5.75 Å². The van der Waals surface area contributed by atoms with Crippen LogP contribution in [-0.2, 0) is 10.1 Å². The molecule has 1 atom stereocenters. The first-order valence-corrected chi connectivity index (χ1v) is 5.29. The summed E-state index contributed by atoms with van der Waals surface area (Å²) in [5.74, 6) is 0.0344. The highest BCUT2D eigenvalue weighted by atomic mass is 32.2. The largest absolute Gasteiger partial charge is 0.286 e. The Hall–Kier alpha value is -0.350. The van der Waals surface area contributed by atoms with Gasteiger partial charge in [-0.15, -0.1) is 0 Å². The van der Waals surface area contributed by atoms with Crippen molar-refractivity contribution in [1.29, 1.82) is 0 Å². The number of allylic oxidation sites excluding steroid dienone is 2. The van der Waals surface area contributed by atoms with Crippen molar-refractivity contribution >= 4 is 10.1 Å². The lowest BCUT2D eigenvalue weighted by Gasteiger charge is -2.14. The van der Waals surface area contributed by atoms with Crippen molar-refractivity contribution in [3.63, 3.8) is 0 Å². The Morgan fingerprint density at radius 3 is 2.64 bits per heavy atom. The monoisotopic (exact) mass is 176 g/mol. The zero-order valence-electron chi connectivity index (χ0n) is 6.23. The molecule has 0 aromatic heterocycles. The lowest BCUT2D eigenvalue weighted by atomic mass is 9.97. The van der Waals surface area contributed by atoms with E-state index in [-0.39, 0.29) is 11.7 Å². The Morgan fingerprint density at radius 1 is 1.45 bits per heavy atom. The van der Waals surface area contributed by atoms with Crippen molar-refractivity contribution < 1.29 is 13.0 Å². The molecular weight excluding hydrogens is 164 g/mol. The highest BCUT2D eigenvalue weighted by Crippen LogP contribution is 2.19. The molecule has 1 rings (SSSR count). The zero-order chi connectivity index (χ0) is 8.32. The molecule has 0 aliphatic heterocycles. The summed E-state index contributed by atoms with van der Waals surface area (Å²) in [5, 5.41) is 0. The first-order chi connectivity index (χ1) is 5.08. The Morgan fingerprint density at radius 2 is 2.18 bits per heavy atom. The van der Waals surface area contributed by atoms with Crippen molar-refractivity contribution in [2.45, 2.75) is 19.3 Å². The van der Waals surface area contributed by atoms with E-state index in [1.807, 2.05) is 12.2 Å². The van der Waals surface area contributed by atoms with Gasteiger partial charge >= 0.3 is 0 Å². The van der Waals surface area contributed by atoms with Crippen LogP contribution in [0.15, 0.2) is 12.2 Å². The van der Waals surface area contributed by atoms with Gasteiger partial charge in [-0.05, 0) is 25.2 Å². The normalized spacial score (nSPS) is 25.4. The average molecular weight is 176 g/mol. The molecule has 1 unspecified atom stereocenters. The second kappa shape index (κ2) is 3.36. The summed E-state index contributed by atoms with van der Waals surface area (Å²) >= 11 is 0. The Balaban J connectivity index is 2.44. The maximum absolute atomic E-state index is 10.4. The van der Waals surface area contributed by atoms with Crippen molar-refractivity contribution in [3.8, 4) is 0 Å². The molecule has 0 saturated carbocycles. The summed E-state index contributed by atoms with van der Waals surface area (Å²) in [4.78, 5) is 0. The maximum atomic E-state index is 10.4. The summed E-state index contributed by atoms with van der Waals surface area (Å²) in [7, 11) is -3.76. The van der Waals surface area contributed by atoms with Crippen LogP contribution in [0.1, 0.15) is 19.3 Å². The van der Waals surface area contributed by atoms with Crippen LogP contribution < -0.4 is 0 Å². The molecule has 0 radical (unpaired) electrons. The minimum Gasteiger partial charge on any atom is -0.286 e. The van der Waals surface area contributed by atoms with Crippen molar-refractivity contribution in [2.24, 2.45) is 5.92 Å². The SMILES string of the molecule is O=S(=O)(O)CC1CC=CCC1. The predicted octanol–water partition coefficient (Wildman–Crippen LogP) is 1.23. The van der Waals surface area contributed by atoms with E-state index < -0.39 is 10.1 Å². The highest BCUT2D eigenvalue weighted by molar-refractivity contribution is 7.85. The number of rotatable bonds is 2. The van der Waals surface area contributed by atoms with E-state index in [1.165, 1.54) is 0 Å². The van der Waals surface area contributed by atoms with Gasteiger partial charge in [0.25, 0.3) is 10.1 Å². The smallest absolute Gasteiger partial charge is 0.265 e. The van der Waals surface area contributed by atoms with E-state index in [0.29, 0.717) is 0 Å². The fourth-order valence-electron chi connectivity index (χ4n) is 1.31. The van der Waals surface area contributed by atoms with Gasteiger partial charge in [-0.1, -0.05) is 12.2 Å². The summed E-state index contributed by atoms with van der Waals surface area (Å²) in [6.07, 6.45) is 6.59. The van der Waals surface area contributed by atoms with Crippen LogP contribution in [0.4, 0.5) is 0 Å². The third kappa shape index (κ3) is 3.53. The van der Waals surface area contributed by atoms with Gasteiger partial charge in [-0.2, -0.15) is 8.42 Å². The second-order valence-electron chi connectivity index (χ2n) is 2.90. The van der Waals surface area contributed by atoms with Gasteiger partial charge in [0.2, 0.25) is 0 Å². The van der Waals surface area contributed by atoms with Crippen LogP contribution in [0.25, 0.3) is 0 Å². The van der Waals surface area contributed by atoms with Gasteiger partial charge in [0.05, 0.1) is 5.75 Å². The minimum absolute atomic E-state index is 0.0860. The van der Waals surface area contributed by atoms with Gasteiger partial charge in [0, 0.05) is 0 Å². The van der Waals surface area contributed by atoms with Crippen LogP contribution >= 0.6 is 0 Å². The highest BCUT2D eigenvalue weighted by Gasteiger charge is 2.16. The molecule has 64 valence electrons. The molecule has 4 heteroatoms. The van der Waals surface area contributed by atoms with Crippen molar-refractivity contribution in [3.05, 3.63) is 12.2 Å². The molecule has 0 amide bonds. The van der Waals surface area contributed by atoms with E-state index in [2.05, 4.69) is 0 Å². The molecule has 11 heavy (non-hydrogen) atoms. The van der Waals surface area contributed by atoms with E-state index in [1.54, 1.807) is 0 Å². The Kier molecular flexibility index (Phi) is 2.67. The Labute approximate surface area is 66.9 Å². The molecule has 1 aliphatic carbocycles. The predicted molar refractivity (Wildman–Crippen MR) is 42.9 cm³/mol. The molecule has 0 aromatic rings. The zero-order valence-corrected chi connectivity index (χ0v) is 7.05. The van der Waals surface area contributed by atoms with Gasteiger partial charge in [-0.25, -0.2) is 0 Å². The van der Waals surface area contributed by atoms with Crippen LogP contribution in [0.2, 0.25) is 0 Å². The minimum atomic E-state index is -3.76. The molecule has 0 spiro atoms. The topological polar surface area (TPSA) is 54.4 Å². The average Bonchev–Trinajstić information content (AvgIpc) is 1.85. The first kappa shape index (κ1) is 8.74. The molecule has 0 heterocycles. The standard InChI is InChI=1S/C7H12O3S/c8-11(9,10)6-7-4-2-1-3-5-7/h1-2,7H,3-6H2,(H,8,9,10). The first-order valence-electron chi connectivity index (χ1n) is 3.68. The van der Waals surface area contributed by atoms with Gasteiger partial charge in [0.1, 0.15) is 0 Å². The molecule has 0 aromatic carbocycles. The lowest BCUT2D eigenvalue weighted by Crippen LogP contribution is -2.16. The summed E-state index contributed by atoms with van der Waals surface area (Å²) in [6.45, 7) is 0. The Bertz CT molecular complexity index is 240. The van der Waals surface area contributed by atoms with Crippen LogP contribution in [0.5, 0.6) is 0 Å². The molecule has 0 saturated heterocycles. The third-order valence-corrected chi connectivity index (χ3v) is 2.72. The van der Waals surface area contributed by atoms with Gasteiger partial charge < -0.3 is 0 Å². The van der Waals surface area contributed by atoms with E-state index >= 15 is 0 Å². The molecule has 0 fully saturated rings. The number of hydrogen-bond donors (Lipinski definition) is 1. The fraction of sp³-hybridized carbons (Fsp3) is 0.714. The summed E-state index contributed by atoms with van der Waals surface area (Å²) in [5.41, 5.74) is 0.